The Morgan fingerprint density at radius 1 is 0.565 bits per heavy atom. The maximum atomic E-state index is 9.51. The average Bonchev–Trinajstić information content (AvgIpc) is 3.79. The quantitative estimate of drug-likeness (QED) is 0.200. The molecule has 0 spiro atoms. The van der Waals surface area contributed by atoms with E-state index in [4.69, 9.17) is 31.4 Å². The Labute approximate surface area is 291 Å². The monoisotopic (exact) mass is 605 g/mol. The van der Waals surface area contributed by atoms with Crippen LogP contribution in [-0.4, -0.2) is 15.0 Å². The van der Waals surface area contributed by atoms with Crippen molar-refractivity contribution in [2.75, 3.05) is 0 Å². The molecule has 1 heterocycles. The Morgan fingerprint density at radius 3 is 1.98 bits per heavy atom. The molecule has 1 unspecified atom stereocenters. The third-order valence-corrected chi connectivity index (χ3v) is 8.50. The average molecular weight is 606 g/mol. The van der Waals surface area contributed by atoms with Crippen LogP contribution >= 0.6 is 0 Å². The van der Waals surface area contributed by atoms with E-state index in [1.807, 2.05) is 42.5 Å². The molecule has 3 heteroatoms. The second-order valence-corrected chi connectivity index (χ2v) is 11.2. The van der Waals surface area contributed by atoms with Crippen LogP contribution in [0.25, 0.3) is 56.2 Å². The molecule has 2 aliphatic rings. The Morgan fingerprint density at radius 2 is 1.20 bits per heavy atom. The highest BCUT2D eigenvalue weighted by Crippen LogP contribution is 2.58. The summed E-state index contributed by atoms with van der Waals surface area (Å²) in [6.45, 7) is -7.29. The number of hydrogen-bond donors (Lipinski definition) is 0. The van der Waals surface area contributed by atoms with Gasteiger partial charge >= 0.3 is 0 Å². The molecule has 218 valence electrons. The molecule has 0 saturated carbocycles. The fourth-order valence-electron chi connectivity index (χ4n) is 6.46. The van der Waals surface area contributed by atoms with Gasteiger partial charge in [0.1, 0.15) is 5.82 Å². The molecule has 1 atom stereocenters. The van der Waals surface area contributed by atoms with Crippen LogP contribution in [-0.2, 0) is 5.41 Å². The van der Waals surface area contributed by atoms with Crippen molar-refractivity contribution in [2.24, 2.45) is 0 Å². The normalized spacial score (nSPS) is 20.7. The fraction of sp³-hybridized carbons (Fsp3) is 0.0930. The SMILES string of the molecule is [2H]c1c([2H])c([2H])c2c(c1[2H])-c1c([2H])c([2H])c3c(c1C2c1nc(-c2ccccc2)nc(-c2cccc(-c4ccccc4)c2)n1)C(C([2H])([2H])[2H])(C([2H])([2H])[2H])c1c([2H])c([2H])c([2H])c([2H])c1-3. The van der Waals surface area contributed by atoms with E-state index >= 15 is 0 Å². The summed E-state index contributed by atoms with van der Waals surface area (Å²) < 4.78 is 145. The zero-order valence-electron chi connectivity index (χ0n) is 40.0. The lowest BCUT2D eigenvalue weighted by molar-refractivity contribution is 0.648. The van der Waals surface area contributed by atoms with E-state index in [0.29, 0.717) is 11.1 Å². The molecule has 46 heavy (non-hydrogen) atoms. The Hall–Kier alpha value is -5.67. The van der Waals surface area contributed by atoms with Gasteiger partial charge in [-0.05, 0) is 61.7 Å². The van der Waals surface area contributed by atoms with Crippen molar-refractivity contribution in [1.29, 1.82) is 0 Å². The van der Waals surface area contributed by atoms with Crippen molar-refractivity contribution in [2.45, 2.75) is 25.0 Å². The van der Waals surface area contributed by atoms with E-state index in [2.05, 4.69) is 0 Å². The number of benzene rings is 6. The number of nitrogens with zero attached hydrogens (tertiary/aromatic N) is 3. The molecule has 7 aromatic rings. The molecule has 0 aliphatic heterocycles. The van der Waals surface area contributed by atoms with Crippen LogP contribution in [0.3, 0.4) is 0 Å². The number of aromatic nitrogens is 3. The lowest BCUT2D eigenvalue weighted by Gasteiger charge is -2.26. The molecular weight excluding hydrogens is 558 g/mol. The van der Waals surface area contributed by atoms with Crippen LogP contribution in [0.4, 0.5) is 0 Å². The molecule has 0 bridgehead atoms. The van der Waals surface area contributed by atoms with Crippen LogP contribution in [0.2, 0.25) is 0 Å². The second-order valence-electron chi connectivity index (χ2n) is 11.2. The van der Waals surface area contributed by atoms with Gasteiger partial charge in [0.2, 0.25) is 0 Å². The number of fused-ring (bicyclic) bond motifs is 7. The lowest BCUT2D eigenvalue weighted by Crippen LogP contribution is -2.19. The van der Waals surface area contributed by atoms with E-state index in [0.717, 1.165) is 11.1 Å². The summed E-state index contributed by atoms with van der Waals surface area (Å²) in [5.41, 5.74) is -4.43. The maximum absolute atomic E-state index is 9.51. The number of rotatable bonds is 4. The second kappa shape index (κ2) is 10.2. The first-order valence-electron chi connectivity index (χ1n) is 22.6. The van der Waals surface area contributed by atoms with E-state index in [1.54, 1.807) is 42.5 Å². The van der Waals surface area contributed by atoms with Crippen LogP contribution in [0, 0.1) is 0 Å². The summed E-state index contributed by atoms with van der Waals surface area (Å²) in [6, 6.07) is 17.8. The molecular formula is C43H31N3. The fourth-order valence-corrected chi connectivity index (χ4v) is 6.46. The topological polar surface area (TPSA) is 38.7 Å². The van der Waals surface area contributed by atoms with E-state index in [9.17, 15) is 5.48 Å². The summed E-state index contributed by atoms with van der Waals surface area (Å²) in [6.07, 6.45) is 0. The van der Waals surface area contributed by atoms with Gasteiger partial charge in [-0.2, -0.15) is 0 Å². The van der Waals surface area contributed by atoms with E-state index in [-0.39, 0.29) is 39.7 Å². The van der Waals surface area contributed by atoms with Gasteiger partial charge in [0.15, 0.2) is 11.6 Å². The van der Waals surface area contributed by atoms with Crippen LogP contribution in [0.1, 0.15) is 69.6 Å². The highest BCUT2D eigenvalue weighted by Gasteiger charge is 2.44. The third-order valence-electron chi connectivity index (χ3n) is 8.50. The highest BCUT2D eigenvalue weighted by molar-refractivity contribution is 5.91. The molecule has 6 aromatic carbocycles. The first-order chi connectivity index (χ1) is 29.2. The van der Waals surface area contributed by atoms with Crippen molar-refractivity contribution >= 4 is 0 Å². The lowest BCUT2D eigenvalue weighted by atomic mass is 9.77. The summed E-state index contributed by atoms with van der Waals surface area (Å²) in [5, 5.41) is 0. The van der Waals surface area contributed by atoms with Crippen LogP contribution in [0.15, 0.2) is 145 Å². The van der Waals surface area contributed by atoms with E-state index < -0.39 is 108 Å². The molecule has 0 radical (unpaired) electrons. The summed E-state index contributed by atoms with van der Waals surface area (Å²) in [5.74, 6) is -1.70. The highest BCUT2D eigenvalue weighted by atomic mass is 15.0. The Bertz CT molecular complexity index is 3040. The molecule has 0 fully saturated rings. The predicted molar refractivity (Wildman–Crippen MR) is 187 cm³/mol. The smallest absolute Gasteiger partial charge is 0.163 e. The largest absolute Gasteiger partial charge is 0.212 e. The van der Waals surface area contributed by atoms with Crippen molar-refractivity contribution in [1.82, 2.24) is 15.0 Å². The van der Waals surface area contributed by atoms with Gasteiger partial charge in [-0.3, -0.25) is 0 Å². The maximum Gasteiger partial charge on any atom is 0.163 e. The molecule has 0 amide bonds. The van der Waals surface area contributed by atoms with E-state index in [1.165, 1.54) is 0 Å². The molecule has 3 nitrogen and oxygen atoms in total. The van der Waals surface area contributed by atoms with Crippen molar-refractivity contribution in [3.63, 3.8) is 0 Å². The molecule has 2 aliphatic carbocycles. The molecule has 1 aromatic heterocycles. The van der Waals surface area contributed by atoms with Crippen LogP contribution in [0.5, 0.6) is 0 Å². The van der Waals surface area contributed by atoms with Gasteiger partial charge in [-0.25, -0.2) is 15.0 Å². The molecule has 0 N–H and O–H groups in total. The van der Waals surface area contributed by atoms with Crippen molar-refractivity contribution in [3.05, 3.63) is 173 Å². The number of hydrogen-bond acceptors (Lipinski definition) is 3. The van der Waals surface area contributed by atoms with Crippen molar-refractivity contribution in [3.8, 4) is 56.2 Å². The van der Waals surface area contributed by atoms with Gasteiger partial charge in [0.25, 0.3) is 0 Å². The summed E-state index contributed by atoms with van der Waals surface area (Å²) >= 11 is 0. The van der Waals surface area contributed by atoms with Gasteiger partial charge in [-0.15, -0.1) is 0 Å². The standard InChI is InChI=1S/C43H31N3/c1-43(2)36-23-12-11-21-32(36)35-25-24-34-31-20-9-10-22-33(31)38(37(34)39(35)43)42-45-40(28-16-7-4-8-17-28)44-41(46-42)30-19-13-18-29(26-30)27-14-5-3-6-15-27/h3-26,38H,1-2H3/i1D3,2D3,9D,10D,11D,12D,20D,21D,22D,23D,24D,25D. The Balaban J connectivity index is 1.49. The minimum atomic E-state index is -3.65. The van der Waals surface area contributed by atoms with Crippen LogP contribution < -0.4 is 0 Å². The first-order valence-corrected chi connectivity index (χ1v) is 14.6. The molecule has 0 saturated heterocycles. The van der Waals surface area contributed by atoms with Gasteiger partial charge < -0.3 is 0 Å². The van der Waals surface area contributed by atoms with Gasteiger partial charge in [0.05, 0.1) is 19.6 Å². The first kappa shape index (κ1) is 15.1. The Kier molecular flexibility index (Phi) is 3.34. The third kappa shape index (κ3) is 4.02. The van der Waals surface area contributed by atoms with Gasteiger partial charge in [0, 0.05) is 24.8 Å². The zero-order chi connectivity index (χ0) is 44.5. The van der Waals surface area contributed by atoms with Crippen molar-refractivity contribution < 1.29 is 21.9 Å². The minimum Gasteiger partial charge on any atom is -0.212 e. The van der Waals surface area contributed by atoms with Gasteiger partial charge in [-0.1, -0.05) is 153 Å². The summed E-state index contributed by atoms with van der Waals surface area (Å²) in [4.78, 5) is 14.6. The minimum absolute atomic E-state index is 0.0862. The predicted octanol–water partition coefficient (Wildman–Crippen LogP) is 10.3. The zero-order valence-corrected chi connectivity index (χ0v) is 24.0. The molecule has 9 rings (SSSR count). The summed E-state index contributed by atoms with van der Waals surface area (Å²) in [7, 11) is 0.